The first-order valence-electron chi connectivity index (χ1n) is 5.90. The van der Waals surface area contributed by atoms with Crippen LogP contribution in [0.1, 0.15) is 6.92 Å². The highest BCUT2D eigenvalue weighted by atomic mass is 79.9. The first-order chi connectivity index (χ1) is 8.20. The number of ether oxygens (including phenoxy) is 3. The van der Waals surface area contributed by atoms with Crippen LogP contribution in [0.25, 0.3) is 0 Å². The minimum absolute atomic E-state index is 0.0193. The lowest BCUT2D eigenvalue weighted by molar-refractivity contribution is -0.167. The van der Waals surface area contributed by atoms with E-state index < -0.39 is 6.10 Å². The quantitative estimate of drug-likeness (QED) is 0.694. The van der Waals surface area contributed by atoms with Gasteiger partial charge in [0.15, 0.2) is 6.10 Å². The van der Waals surface area contributed by atoms with Gasteiger partial charge in [0, 0.05) is 18.4 Å². The van der Waals surface area contributed by atoms with Crippen molar-refractivity contribution in [1.29, 1.82) is 0 Å². The maximum Gasteiger partial charge on any atom is 0.254 e. The molecule has 3 unspecified atom stereocenters. The van der Waals surface area contributed by atoms with Crippen LogP contribution >= 0.6 is 15.9 Å². The summed E-state index contributed by atoms with van der Waals surface area (Å²) in [6, 6.07) is 0. The molecule has 0 aromatic rings. The fourth-order valence-electron chi connectivity index (χ4n) is 2.14. The predicted molar refractivity (Wildman–Crippen MR) is 65.3 cm³/mol. The molecule has 17 heavy (non-hydrogen) atoms. The van der Waals surface area contributed by atoms with Crippen molar-refractivity contribution in [3.63, 3.8) is 0 Å². The van der Waals surface area contributed by atoms with Gasteiger partial charge in [0.1, 0.15) is 0 Å². The molecule has 0 aromatic heterocycles. The van der Waals surface area contributed by atoms with Gasteiger partial charge in [0.25, 0.3) is 5.91 Å². The average molecular weight is 308 g/mol. The van der Waals surface area contributed by atoms with Crippen molar-refractivity contribution in [1.82, 2.24) is 4.90 Å². The van der Waals surface area contributed by atoms with Crippen LogP contribution in [0, 0.1) is 0 Å². The molecule has 6 heteroatoms. The SMILES string of the molecule is CC1CN(C(=O)C2COCCO2)CC(CBr)O1. The molecule has 98 valence electrons. The van der Waals surface area contributed by atoms with Gasteiger partial charge in [-0.3, -0.25) is 4.79 Å². The molecule has 2 heterocycles. The monoisotopic (exact) mass is 307 g/mol. The second kappa shape index (κ2) is 6.13. The summed E-state index contributed by atoms with van der Waals surface area (Å²) in [7, 11) is 0. The molecular formula is C11H18BrNO4. The molecule has 0 aromatic carbocycles. The van der Waals surface area contributed by atoms with E-state index in [1.807, 2.05) is 11.8 Å². The number of halogens is 1. The summed E-state index contributed by atoms with van der Waals surface area (Å²) in [4.78, 5) is 14.0. The largest absolute Gasteiger partial charge is 0.376 e. The zero-order valence-electron chi connectivity index (χ0n) is 9.93. The summed E-state index contributed by atoms with van der Waals surface area (Å²) >= 11 is 3.39. The van der Waals surface area contributed by atoms with Gasteiger partial charge in [0.05, 0.1) is 32.0 Å². The maximum absolute atomic E-state index is 12.2. The maximum atomic E-state index is 12.2. The van der Waals surface area contributed by atoms with Crippen LogP contribution < -0.4 is 0 Å². The van der Waals surface area contributed by atoms with Crippen LogP contribution in [0.4, 0.5) is 0 Å². The third-order valence-corrected chi connectivity index (χ3v) is 3.62. The number of nitrogens with zero attached hydrogens (tertiary/aromatic N) is 1. The van der Waals surface area contributed by atoms with E-state index in [0.29, 0.717) is 32.9 Å². The van der Waals surface area contributed by atoms with E-state index in [-0.39, 0.29) is 18.1 Å². The highest BCUT2D eigenvalue weighted by Gasteiger charge is 2.33. The van der Waals surface area contributed by atoms with E-state index in [9.17, 15) is 4.79 Å². The number of morpholine rings is 1. The molecule has 2 rings (SSSR count). The van der Waals surface area contributed by atoms with Gasteiger partial charge in [-0.1, -0.05) is 15.9 Å². The average Bonchev–Trinajstić information content (AvgIpc) is 2.38. The van der Waals surface area contributed by atoms with Crippen LogP contribution in [0.3, 0.4) is 0 Å². The van der Waals surface area contributed by atoms with E-state index in [1.165, 1.54) is 0 Å². The second-order valence-corrected chi connectivity index (χ2v) is 5.05. The van der Waals surface area contributed by atoms with E-state index >= 15 is 0 Å². The van der Waals surface area contributed by atoms with E-state index in [0.717, 1.165) is 5.33 Å². The highest BCUT2D eigenvalue weighted by molar-refractivity contribution is 9.09. The first-order valence-corrected chi connectivity index (χ1v) is 7.02. The fraction of sp³-hybridized carbons (Fsp3) is 0.909. The standard InChI is InChI=1S/C11H18BrNO4/c1-8-5-13(6-9(4-12)17-8)11(14)10-7-15-2-3-16-10/h8-10H,2-7H2,1H3. The lowest BCUT2D eigenvalue weighted by Crippen LogP contribution is -2.54. The second-order valence-electron chi connectivity index (χ2n) is 4.40. The van der Waals surface area contributed by atoms with Gasteiger partial charge in [-0.05, 0) is 6.92 Å². The summed E-state index contributed by atoms with van der Waals surface area (Å²) in [5, 5.41) is 0.739. The van der Waals surface area contributed by atoms with Crippen molar-refractivity contribution in [2.24, 2.45) is 0 Å². The zero-order valence-corrected chi connectivity index (χ0v) is 11.5. The number of hydrogen-bond donors (Lipinski definition) is 0. The topological polar surface area (TPSA) is 48.0 Å². The number of carbonyl (C=O) groups is 1. The molecule has 0 spiro atoms. The molecule has 2 fully saturated rings. The lowest BCUT2D eigenvalue weighted by Gasteiger charge is -2.38. The Morgan fingerprint density at radius 2 is 2.24 bits per heavy atom. The Morgan fingerprint density at radius 1 is 1.41 bits per heavy atom. The van der Waals surface area contributed by atoms with Crippen molar-refractivity contribution in [2.75, 3.05) is 38.2 Å². The Hall–Kier alpha value is -0.170. The summed E-state index contributed by atoms with van der Waals surface area (Å²) in [6.45, 7) is 4.67. The third kappa shape index (κ3) is 3.40. The first kappa shape index (κ1) is 13.3. The number of carbonyl (C=O) groups excluding carboxylic acids is 1. The Balaban J connectivity index is 1.93. The molecule has 1 amide bonds. The zero-order chi connectivity index (χ0) is 12.3. The molecular weight excluding hydrogens is 290 g/mol. The van der Waals surface area contributed by atoms with Crippen molar-refractivity contribution in [3.8, 4) is 0 Å². The van der Waals surface area contributed by atoms with Gasteiger partial charge in [-0.15, -0.1) is 0 Å². The molecule has 2 aliphatic heterocycles. The van der Waals surface area contributed by atoms with Crippen LogP contribution in [0.15, 0.2) is 0 Å². The fourth-order valence-corrected chi connectivity index (χ4v) is 2.50. The van der Waals surface area contributed by atoms with Crippen LogP contribution in [0.2, 0.25) is 0 Å². The van der Waals surface area contributed by atoms with Gasteiger partial charge < -0.3 is 19.1 Å². The molecule has 3 atom stereocenters. The molecule has 0 saturated carbocycles. The number of rotatable bonds is 2. The third-order valence-electron chi connectivity index (χ3n) is 2.90. The lowest BCUT2D eigenvalue weighted by atomic mass is 10.2. The molecule has 0 N–H and O–H groups in total. The van der Waals surface area contributed by atoms with Gasteiger partial charge in [0.2, 0.25) is 0 Å². The summed E-state index contributed by atoms with van der Waals surface area (Å²) in [5.74, 6) is 0.0193. The van der Waals surface area contributed by atoms with Gasteiger partial charge in [-0.25, -0.2) is 0 Å². The Morgan fingerprint density at radius 3 is 2.88 bits per heavy atom. The van der Waals surface area contributed by atoms with Crippen molar-refractivity contribution in [2.45, 2.75) is 25.2 Å². The Kier molecular flexibility index (Phi) is 4.78. The van der Waals surface area contributed by atoms with Crippen LogP contribution in [-0.2, 0) is 19.0 Å². The molecule has 2 saturated heterocycles. The Labute approximate surface area is 110 Å². The normalized spacial score (nSPS) is 34.7. The van der Waals surface area contributed by atoms with Gasteiger partial charge >= 0.3 is 0 Å². The summed E-state index contributed by atoms with van der Waals surface area (Å²) in [6.07, 6.45) is -0.308. The Bertz CT molecular complexity index is 270. The minimum Gasteiger partial charge on any atom is -0.376 e. The van der Waals surface area contributed by atoms with E-state index in [2.05, 4.69) is 15.9 Å². The number of hydrogen-bond acceptors (Lipinski definition) is 4. The van der Waals surface area contributed by atoms with Crippen LogP contribution in [-0.4, -0.2) is 67.4 Å². The van der Waals surface area contributed by atoms with Crippen LogP contribution in [0.5, 0.6) is 0 Å². The van der Waals surface area contributed by atoms with Crippen molar-refractivity contribution in [3.05, 3.63) is 0 Å². The van der Waals surface area contributed by atoms with E-state index in [1.54, 1.807) is 0 Å². The number of alkyl halides is 1. The predicted octanol–water partition coefficient (Wildman–Crippen LogP) is 0.413. The smallest absolute Gasteiger partial charge is 0.254 e. The molecule has 0 aliphatic carbocycles. The molecule has 0 radical (unpaired) electrons. The van der Waals surface area contributed by atoms with Crippen molar-refractivity contribution >= 4 is 21.8 Å². The van der Waals surface area contributed by atoms with E-state index in [4.69, 9.17) is 14.2 Å². The molecule has 5 nitrogen and oxygen atoms in total. The summed E-state index contributed by atoms with van der Waals surface area (Å²) < 4.78 is 16.4. The number of amides is 1. The molecule has 2 aliphatic rings. The minimum atomic E-state index is -0.440. The molecule has 0 bridgehead atoms. The highest BCUT2D eigenvalue weighted by Crippen LogP contribution is 2.15. The van der Waals surface area contributed by atoms with Gasteiger partial charge in [-0.2, -0.15) is 0 Å². The van der Waals surface area contributed by atoms with Crippen molar-refractivity contribution < 1.29 is 19.0 Å². The summed E-state index contributed by atoms with van der Waals surface area (Å²) in [5.41, 5.74) is 0.